The normalized spacial score (nSPS) is 10.1. The number of amides is 1. The van der Waals surface area contributed by atoms with Gasteiger partial charge in [-0.25, -0.2) is 9.78 Å². The Labute approximate surface area is 121 Å². The zero-order valence-electron chi connectivity index (χ0n) is 9.93. The second-order valence-electron chi connectivity index (χ2n) is 3.80. The first kappa shape index (κ1) is 14.1. The van der Waals surface area contributed by atoms with E-state index in [0.29, 0.717) is 4.47 Å². The SMILES string of the molecule is O=C(O)c1cc(NC(=O)c2cccnc2F)ccc1Br. The van der Waals surface area contributed by atoms with Crippen LogP contribution in [0.15, 0.2) is 41.0 Å². The van der Waals surface area contributed by atoms with Gasteiger partial charge in [0.25, 0.3) is 5.91 Å². The summed E-state index contributed by atoms with van der Waals surface area (Å²) in [6, 6.07) is 6.98. The summed E-state index contributed by atoms with van der Waals surface area (Å²) in [7, 11) is 0. The number of nitrogens with one attached hydrogen (secondary N) is 1. The van der Waals surface area contributed by atoms with Crippen LogP contribution in [-0.4, -0.2) is 22.0 Å². The van der Waals surface area contributed by atoms with E-state index in [1.165, 1.54) is 36.5 Å². The molecule has 1 aromatic carbocycles. The number of rotatable bonds is 3. The van der Waals surface area contributed by atoms with Crippen LogP contribution in [0.25, 0.3) is 0 Å². The van der Waals surface area contributed by atoms with Crippen molar-refractivity contribution in [3.63, 3.8) is 0 Å². The summed E-state index contributed by atoms with van der Waals surface area (Å²) >= 11 is 3.09. The van der Waals surface area contributed by atoms with Crippen LogP contribution in [-0.2, 0) is 0 Å². The number of aromatic nitrogens is 1. The maximum absolute atomic E-state index is 13.3. The van der Waals surface area contributed by atoms with Gasteiger partial charge >= 0.3 is 5.97 Å². The molecule has 1 aromatic heterocycles. The van der Waals surface area contributed by atoms with Crippen molar-refractivity contribution < 1.29 is 19.1 Å². The second kappa shape index (κ2) is 5.79. The molecule has 1 amide bonds. The van der Waals surface area contributed by atoms with E-state index in [1.54, 1.807) is 0 Å². The van der Waals surface area contributed by atoms with Crippen LogP contribution < -0.4 is 5.32 Å². The van der Waals surface area contributed by atoms with E-state index in [9.17, 15) is 14.0 Å². The van der Waals surface area contributed by atoms with Crippen LogP contribution in [0.2, 0.25) is 0 Å². The molecule has 20 heavy (non-hydrogen) atoms. The molecule has 2 aromatic rings. The maximum atomic E-state index is 13.3. The number of carbonyl (C=O) groups excluding carboxylic acids is 1. The van der Waals surface area contributed by atoms with E-state index in [-0.39, 0.29) is 16.8 Å². The smallest absolute Gasteiger partial charge is 0.336 e. The van der Waals surface area contributed by atoms with E-state index < -0.39 is 17.8 Å². The van der Waals surface area contributed by atoms with Gasteiger partial charge in [-0.1, -0.05) is 0 Å². The van der Waals surface area contributed by atoms with Crippen molar-refractivity contribution in [2.45, 2.75) is 0 Å². The quantitative estimate of drug-likeness (QED) is 0.843. The summed E-state index contributed by atoms with van der Waals surface area (Å²) in [6.07, 6.45) is 1.23. The monoisotopic (exact) mass is 338 g/mol. The number of hydrogen-bond donors (Lipinski definition) is 2. The minimum absolute atomic E-state index is 0.00513. The standard InChI is InChI=1S/C13H8BrFN2O3/c14-10-4-3-7(6-9(10)13(19)20)17-12(18)8-2-1-5-16-11(8)15/h1-6H,(H,17,18)(H,19,20). The first-order valence-electron chi connectivity index (χ1n) is 5.44. The minimum atomic E-state index is -1.14. The van der Waals surface area contributed by atoms with Crippen molar-refractivity contribution in [2.24, 2.45) is 0 Å². The highest BCUT2D eigenvalue weighted by Crippen LogP contribution is 2.21. The summed E-state index contributed by atoms with van der Waals surface area (Å²) in [5.41, 5.74) is 0.0283. The van der Waals surface area contributed by atoms with Gasteiger partial charge in [0.15, 0.2) is 0 Å². The Hall–Kier alpha value is -2.28. The Balaban J connectivity index is 2.27. The molecule has 1 heterocycles. The third-order valence-electron chi connectivity index (χ3n) is 2.46. The molecule has 2 N–H and O–H groups in total. The third-order valence-corrected chi connectivity index (χ3v) is 3.15. The van der Waals surface area contributed by atoms with E-state index in [0.717, 1.165) is 0 Å². The summed E-state index contributed by atoms with van der Waals surface area (Å²) in [6.45, 7) is 0. The molecule has 0 aliphatic rings. The molecule has 0 spiro atoms. The average molecular weight is 339 g/mol. The first-order chi connectivity index (χ1) is 9.49. The van der Waals surface area contributed by atoms with E-state index in [1.807, 2.05) is 0 Å². The number of nitrogens with zero attached hydrogens (tertiary/aromatic N) is 1. The van der Waals surface area contributed by atoms with Crippen LogP contribution in [0.5, 0.6) is 0 Å². The Morgan fingerprint density at radius 3 is 2.65 bits per heavy atom. The van der Waals surface area contributed by atoms with E-state index in [2.05, 4.69) is 26.2 Å². The van der Waals surface area contributed by atoms with Gasteiger partial charge in [0.2, 0.25) is 5.95 Å². The topological polar surface area (TPSA) is 79.3 Å². The number of hydrogen-bond acceptors (Lipinski definition) is 3. The van der Waals surface area contributed by atoms with Crippen molar-refractivity contribution in [3.8, 4) is 0 Å². The van der Waals surface area contributed by atoms with Crippen LogP contribution in [0.1, 0.15) is 20.7 Å². The molecule has 5 nitrogen and oxygen atoms in total. The Morgan fingerprint density at radius 1 is 1.25 bits per heavy atom. The van der Waals surface area contributed by atoms with Gasteiger partial charge in [0, 0.05) is 16.4 Å². The molecule has 0 aliphatic heterocycles. The lowest BCUT2D eigenvalue weighted by Gasteiger charge is -2.07. The largest absolute Gasteiger partial charge is 0.478 e. The third kappa shape index (κ3) is 3.00. The number of anilines is 1. The molecular weight excluding hydrogens is 331 g/mol. The highest BCUT2D eigenvalue weighted by atomic mass is 79.9. The van der Waals surface area contributed by atoms with Gasteiger partial charge in [-0.05, 0) is 46.3 Å². The highest BCUT2D eigenvalue weighted by Gasteiger charge is 2.14. The Bertz CT molecular complexity index is 691. The van der Waals surface area contributed by atoms with Crippen molar-refractivity contribution in [1.29, 1.82) is 0 Å². The average Bonchev–Trinajstić information content (AvgIpc) is 2.41. The zero-order chi connectivity index (χ0) is 14.7. The summed E-state index contributed by atoms with van der Waals surface area (Å²) < 4.78 is 13.7. The highest BCUT2D eigenvalue weighted by molar-refractivity contribution is 9.10. The van der Waals surface area contributed by atoms with Crippen molar-refractivity contribution in [3.05, 3.63) is 58.1 Å². The summed E-state index contributed by atoms with van der Waals surface area (Å²) in [4.78, 5) is 26.2. The summed E-state index contributed by atoms with van der Waals surface area (Å²) in [5, 5.41) is 11.4. The molecule has 0 saturated carbocycles. The molecule has 0 radical (unpaired) electrons. The predicted molar refractivity (Wildman–Crippen MR) is 73.2 cm³/mol. The predicted octanol–water partition coefficient (Wildman–Crippen LogP) is 2.93. The molecule has 0 fully saturated rings. The van der Waals surface area contributed by atoms with Gasteiger partial charge in [-0.15, -0.1) is 0 Å². The Kier molecular flexibility index (Phi) is 4.09. The van der Waals surface area contributed by atoms with Gasteiger partial charge in [0.05, 0.1) is 11.1 Å². The fraction of sp³-hybridized carbons (Fsp3) is 0. The van der Waals surface area contributed by atoms with Gasteiger partial charge in [-0.3, -0.25) is 4.79 Å². The van der Waals surface area contributed by atoms with Gasteiger partial charge < -0.3 is 10.4 Å². The Morgan fingerprint density at radius 2 is 2.00 bits per heavy atom. The first-order valence-corrected chi connectivity index (χ1v) is 6.23. The molecule has 2 rings (SSSR count). The number of pyridine rings is 1. The van der Waals surface area contributed by atoms with Crippen molar-refractivity contribution in [1.82, 2.24) is 4.98 Å². The second-order valence-corrected chi connectivity index (χ2v) is 4.65. The molecule has 0 bridgehead atoms. The van der Waals surface area contributed by atoms with Crippen LogP contribution in [0.4, 0.5) is 10.1 Å². The number of aromatic carboxylic acids is 1. The summed E-state index contributed by atoms with van der Waals surface area (Å²) in [5.74, 6) is -2.73. The molecule has 102 valence electrons. The molecular formula is C13H8BrFN2O3. The van der Waals surface area contributed by atoms with Gasteiger partial charge in [-0.2, -0.15) is 4.39 Å². The zero-order valence-corrected chi connectivity index (χ0v) is 11.5. The maximum Gasteiger partial charge on any atom is 0.336 e. The lowest BCUT2D eigenvalue weighted by Crippen LogP contribution is -2.14. The van der Waals surface area contributed by atoms with Crippen LogP contribution in [0.3, 0.4) is 0 Å². The number of halogens is 2. The minimum Gasteiger partial charge on any atom is -0.478 e. The van der Waals surface area contributed by atoms with Crippen molar-refractivity contribution in [2.75, 3.05) is 5.32 Å². The lowest BCUT2D eigenvalue weighted by atomic mass is 10.2. The number of carboxylic acid groups (broad SMARTS) is 1. The number of carboxylic acids is 1. The van der Waals surface area contributed by atoms with Gasteiger partial charge in [0.1, 0.15) is 0 Å². The van der Waals surface area contributed by atoms with E-state index in [4.69, 9.17) is 5.11 Å². The lowest BCUT2D eigenvalue weighted by molar-refractivity contribution is 0.0695. The van der Waals surface area contributed by atoms with Crippen LogP contribution >= 0.6 is 15.9 Å². The van der Waals surface area contributed by atoms with E-state index >= 15 is 0 Å². The molecule has 0 atom stereocenters. The fourth-order valence-corrected chi connectivity index (χ4v) is 1.94. The molecule has 0 aliphatic carbocycles. The molecule has 0 saturated heterocycles. The molecule has 0 unspecified atom stereocenters. The fourth-order valence-electron chi connectivity index (χ4n) is 1.52. The molecule has 7 heteroatoms. The number of benzene rings is 1. The number of carbonyl (C=O) groups is 2. The van der Waals surface area contributed by atoms with Crippen LogP contribution in [0, 0.1) is 5.95 Å². The van der Waals surface area contributed by atoms with Crippen molar-refractivity contribution >= 4 is 33.5 Å².